The van der Waals surface area contributed by atoms with Crippen LogP contribution in [0.1, 0.15) is 20.8 Å². The van der Waals surface area contributed by atoms with Crippen LogP contribution in [0.25, 0.3) is 0 Å². The summed E-state index contributed by atoms with van der Waals surface area (Å²) in [5.74, 6) is 1.52. The fraction of sp³-hybridized carbons (Fsp3) is 0.800. The van der Waals surface area contributed by atoms with Crippen LogP contribution >= 0.6 is 11.8 Å². The minimum atomic E-state index is -0.120. The molecule has 0 aliphatic heterocycles. The minimum absolute atomic E-state index is 0.0938. The number of carbonyl (C=O) groups is 2. The van der Waals surface area contributed by atoms with E-state index in [9.17, 15) is 9.59 Å². The van der Waals surface area contributed by atoms with Gasteiger partial charge in [0.05, 0.1) is 11.8 Å². The average molecular weight is 217 g/mol. The van der Waals surface area contributed by atoms with Crippen LogP contribution in [0.3, 0.4) is 0 Å². The quantitative estimate of drug-likeness (QED) is 0.619. The zero-order valence-corrected chi connectivity index (χ0v) is 9.89. The van der Waals surface area contributed by atoms with Crippen molar-refractivity contribution in [2.45, 2.75) is 26.8 Å². The molecule has 0 saturated heterocycles. The lowest BCUT2D eigenvalue weighted by atomic mass is 10.1. The highest BCUT2D eigenvalue weighted by atomic mass is 32.2. The molecule has 1 unspecified atom stereocenters. The molecule has 1 N–H and O–H groups in total. The third-order valence-corrected chi connectivity index (χ3v) is 2.90. The number of thioether (sulfide) groups is 1. The van der Waals surface area contributed by atoms with Crippen molar-refractivity contribution in [1.29, 1.82) is 0 Å². The van der Waals surface area contributed by atoms with Crippen LogP contribution in [0.2, 0.25) is 0 Å². The number of ketones is 1. The standard InChI is InChI=1S/C10H19NO2S/c1-4-11-9(5-12)6-14-7-10(13)8(2)3/h5,8-9,11H,4,6-7H2,1-3H3. The molecule has 0 amide bonds. The van der Waals surface area contributed by atoms with Gasteiger partial charge >= 0.3 is 0 Å². The average Bonchev–Trinajstić information content (AvgIpc) is 2.16. The molecule has 0 radical (unpaired) electrons. The Morgan fingerprint density at radius 2 is 2.14 bits per heavy atom. The van der Waals surface area contributed by atoms with Gasteiger partial charge in [-0.05, 0) is 6.54 Å². The molecule has 0 bridgehead atoms. The molecule has 82 valence electrons. The lowest BCUT2D eigenvalue weighted by molar-refractivity contribution is -0.119. The molecule has 0 aromatic rings. The maximum absolute atomic E-state index is 11.2. The summed E-state index contributed by atoms with van der Waals surface area (Å²) in [6.45, 7) is 6.53. The van der Waals surface area contributed by atoms with E-state index in [4.69, 9.17) is 0 Å². The summed E-state index contributed by atoms with van der Waals surface area (Å²) < 4.78 is 0. The van der Waals surface area contributed by atoms with Crippen molar-refractivity contribution in [3.63, 3.8) is 0 Å². The Hall–Kier alpha value is -0.350. The molecule has 4 heteroatoms. The Morgan fingerprint density at radius 3 is 2.57 bits per heavy atom. The van der Waals surface area contributed by atoms with E-state index >= 15 is 0 Å². The summed E-state index contributed by atoms with van der Waals surface area (Å²) in [6, 6.07) is -0.120. The van der Waals surface area contributed by atoms with E-state index in [1.165, 1.54) is 11.8 Å². The van der Waals surface area contributed by atoms with Gasteiger partial charge < -0.3 is 10.1 Å². The predicted molar refractivity (Wildman–Crippen MR) is 60.7 cm³/mol. The molecule has 0 aromatic heterocycles. The Bertz CT molecular complexity index is 183. The van der Waals surface area contributed by atoms with E-state index in [1.54, 1.807) is 0 Å². The zero-order valence-electron chi connectivity index (χ0n) is 9.08. The molecule has 1 atom stereocenters. The molecule has 3 nitrogen and oxygen atoms in total. The van der Waals surface area contributed by atoms with Crippen LogP contribution < -0.4 is 5.32 Å². The molecular weight excluding hydrogens is 198 g/mol. The molecule has 0 rings (SSSR count). The highest BCUT2D eigenvalue weighted by molar-refractivity contribution is 8.00. The largest absolute Gasteiger partial charge is 0.307 e. The van der Waals surface area contributed by atoms with Gasteiger partial charge in [0.1, 0.15) is 12.1 Å². The molecule has 0 aliphatic carbocycles. The molecule has 0 aromatic carbocycles. The maximum Gasteiger partial charge on any atom is 0.145 e. The lowest BCUT2D eigenvalue weighted by Gasteiger charge is -2.10. The van der Waals surface area contributed by atoms with Gasteiger partial charge in [-0.3, -0.25) is 4.79 Å². The molecule has 0 saturated carbocycles. The SMILES string of the molecule is CCNC(C=O)CSCC(=O)C(C)C. The van der Waals surface area contributed by atoms with E-state index in [0.29, 0.717) is 11.5 Å². The fourth-order valence-electron chi connectivity index (χ4n) is 0.862. The van der Waals surface area contributed by atoms with Gasteiger partial charge in [-0.2, -0.15) is 11.8 Å². The first kappa shape index (κ1) is 13.7. The van der Waals surface area contributed by atoms with Gasteiger partial charge in [-0.15, -0.1) is 0 Å². The Morgan fingerprint density at radius 1 is 1.50 bits per heavy atom. The molecule has 0 heterocycles. The second kappa shape index (κ2) is 8.00. The number of hydrogen-bond acceptors (Lipinski definition) is 4. The molecule has 0 aliphatic rings. The maximum atomic E-state index is 11.2. The number of rotatable bonds is 8. The van der Waals surface area contributed by atoms with Crippen molar-refractivity contribution in [2.24, 2.45) is 5.92 Å². The third-order valence-electron chi connectivity index (χ3n) is 1.82. The molecular formula is C10H19NO2S. The second-order valence-electron chi connectivity index (χ2n) is 3.44. The summed E-state index contributed by atoms with van der Waals surface area (Å²) in [6.07, 6.45) is 0.899. The minimum Gasteiger partial charge on any atom is -0.307 e. The number of hydrogen-bond donors (Lipinski definition) is 1. The summed E-state index contributed by atoms with van der Waals surface area (Å²) in [7, 11) is 0. The first-order chi connectivity index (χ1) is 6.61. The number of aldehydes is 1. The predicted octanol–water partition coefficient (Wildman–Crippen LogP) is 1.12. The Balaban J connectivity index is 3.60. The summed E-state index contributed by atoms with van der Waals surface area (Å²) >= 11 is 1.52. The van der Waals surface area contributed by atoms with Gasteiger partial charge in [0, 0.05) is 11.7 Å². The van der Waals surface area contributed by atoms with Gasteiger partial charge in [0.2, 0.25) is 0 Å². The Kier molecular flexibility index (Phi) is 7.80. The van der Waals surface area contributed by atoms with Gasteiger partial charge in [-0.1, -0.05) is 20.8 Å². The number of nitrogens with one attached hydrogen (secondary N) is 1. The van der Waals surface area contributed by atoms with E-state index < -0.39 is 0 Å². The van der Waals surface area contributed by atoms with Crippen LogP contribution in [0, 0.1) is 5.92 Å². The van der Waals surface area contributed by atoms with E-state index in [-0.39, 0.29) is 17.7 Å². The summed E-state index contributed by atoms with van der Waals surface area (Å²) in [5, 5.41) is 3.04. The number of likely N-dealkylation sites (N-methyl/N-ethyl adjacent to an activating group) is 1. The third kappa shape index (κ3) is 6.16. The van der Waals surface area contributed by atoms with Crippen molar-refractivity contribution < 1.29 is 9.59 Å². The first-order valence-electron chi connectivity index (χ1n) is 4.91. The normalized spacial score (nSPS) is 12.9. The highest BCUT2D eigenvalue weighted by Gasteiger charge is 2.09. The van der Waals surface area contributed by atoms with Crippen LogP contribution in [-0.2, 0) is 9.59 Å². The first-order valence-corrected chi connectivity index (χ1v) is 6.06. The molecule has 0 fully saturated rings. The van der Waals surface area contributed by atoms with Crippen molar-refractivity contribution in [2.75, 3.05) is 18.1 Å². The van der Waals surface area contributed by atoms with Crippen molar-refractivity contribution in [3.8, 4) is 0 Å². The second-order valence-corrected chi connectivity index (χ2v) is 4.47. The number of Topliss-reactive ketones (excluding diaryl/α,β-unsaturated/α-hetero) is 1. The summed E-state index contributed by atoms with van der Waals surface area (Å²) in [4.78, 5) is 21.8. The van der Waals surface area contributed by atoms with Gasteiger partial charge in [0.15, 0.2) is 0 Å². The lowest BCUT2D eigenvalue weighted by Crippen LogP contribution is -2.32. The fourth-order valence-corrected chi connectivity index (χ4v) is 1.96. The highest BCUT2D eigenvalue weighted by Crippen LogP contribution is 2.06. The van der Waals surface area contributed by atoms with E-state index in [1.807, 2.05) is 20.8 Å². The molecule has 14 heavy (non-hydrogen) atoms. The van der Waals surface area contributed by atoms with Gasteiger partial charge in [-0.25, -0.2) is 0 Å². The van der Waals surface area contributed by atoms with Gasteiger partial charge in [0.25, 0.3) is 0 Å². The Labute approximate surface area is 90.0 Å². The van der Waals surface area contributed by atoms with Crippen LogP contribution in [0.5, 0.6) is 0 Å². The van der Waals surface area contributed by atoms with Crippen molar-refractivity contribution in [1.82, 2.24) is 5.32 Å². The van der Waals surface area contributed by atoms with Crippen molar-refractivity contribution >= 4 is 23.8 Å². The number of carbonyl (C=O) groups excluding carboxylic acids is 2. The van der Waals surface area contributed by atoms with E-state index in [2.05, 4.69) is 5.32 Å². The summed E-state index contributed by atoms with van der Waals surface area (Å²) in [5.41, 5.74) is 0. The van der Waals surface area contributed by atoms with Crippen LogP contribution in [0.15, 0.2) is 0 Å². The van der Waals surface area contributed by atoms with Crippen molar-refractivity contribution in [3.05, 3.63) is 0 Å². The topological polar surface area (TPSA) is 46.2 Å². The molecule has 0 spiro atoms. The zero-order chi connectivity index (χ0) is 11.0. The monoisotopic (exact) mass is 217 g/mol. The van der Waals surface area contributed by atoms with Crippen LogP contribution in [0.4, 0.5) is 0 Å². The smallest absolute Gasteiger partial charge is 0.145 e. The van der Waals surface area contributed by atoms with Crippen LogP contribution in [-0.4, -0.2) is 36.2 Å². The van der Waals surface area contributed by atoms with E-state index in [0.717, 1.165) is 12.8 Å².